The molecule has 0 amide bonds. The summed E-state index contributed by atoms with van der Waals surface area (Å²) in [5, 5.41) is 6.86. The van der Waals surface area contributed by atoms with Crippen molar-refractivity contribution in [2.75, 3.05) is 85.2 Å². The lowest BCUT2D eigenvalue weighted by Gasteiger charge is -2.34. The Bertz CT molecular complexity index is 582. The molecule has 2 aliphatic heterocycles. The second-order valence-electron chi connectivity index (χ2n) is 7.74. The van der Waals surface area contributed by atoms with E-state index in [0.717, 1.165) is 97.7 Å². The van der Waals surface area contributed by atoms with E-state index in [4.69, 9.17) is 9.73 Å². The number of hydrogen-bond donors (Lipinski definition) is 2. The zero-order chi connectivity index (χ0) is 20.2. The highest BCUT2D eigenvalue weighted by atomic mass is 16.5. The maximum Gasteiger partial charge on any atom is 0.191 e. The summed E-state index contributed by atoms with van der Waals surface area (Å²) in [7, 11) is 0. The lowest BCUT2D eigenvalue weighted by atomic mass is 10.2. The topological polar surface area (TPSA) is 55.4 Å². The van der Waals surface area contributed by atoms with Gasteiger partial charge in [-0.25, -0.2) is 0 Å². The van der Waals surface area contributed by atoms with Gasteiger partial charge in [-0.05, 0) is 12.5 Å². The average molecular weight is 403 g/mol. The number of hydrogen-bond acceptors (Lipinski definition) is 5. The number of nitrogens with zero attached hydrogens (tertiary/aromatic N) is 4. The minimum atomic E-state index is 0.827. The molecule has 0 atom stereocenters. The first-order chi connectivity index (χ1) is 14.3. The second kappa shape index (κ2) is 12.8. The third kappa shape index (κ3) is 8.30. The van der Waals surface area contributed by atoms with Gasteiger partial charge in [-0.2, -0.15) is 0 Å². The number of piperazine rings is 1. The van der Waals surface area contributed by atoms with Crippen molar-refractivity contribution in [2.24, 2.45) is 4.99 Å². The molecule has 7 nitrogen and oxygen atoms in total. The standard InChI is InChI=1S/C22H38N6O/c1-2-23-22(25-9-11-27-16-18-29-19-17-27)24-8-10-26-12-14-28(15-13-26)20-21-6-4-3-5-7-21/h3-7H,2,8-20H2,1H3,(H2,23,24,25). The lowest BCUT2D eigenvalue weighted by Crippen LogP contribution is -2.49. The molecule has 0 unspecified atom stereocenters. The molecule has 0 bridgehead atoms. The molecular weight excluding hydrogens is 364 g/mol. The Morgan fingerprint density at radius 2 is 1.59 bits per heavy atom. The van der Waals surface area contributed by atoms with Gasteiger partial charge in [0.25, 0.3) is 0 Å². The Morgan fingerprint density at radius 1 is 0.897 bits per heavy atom. The van der Waals surface area contributed by atoms with Crippen LogP contribution in [0.15, 0.2) is 35.3 Å². The minimum Gasteiger partial charge on any atom is -0.379 e. The van der Waals surface area contributed by atoms with Crippen molar-refractivity contribution in [2.45, 2.75) is 13.5 Å². The molecule has 0 aliphatic carbocycles. The summed E-state index contributed by atoms with van der Waals surface area (Å²) in [5.41, 5.74) is 1.41. The van der Waals surface area contributed by atoms with E-state index in [0.29, 0.717) is 0 Å². The predicted octanol–water partition coefficient (Wildman–Crippen LogP) is 0.692. The summed E-state index contributed by atoms with van der Waals surface area (Å²) in [6.07, 6.45) is 0. The molecule has 2 fully saturated rings. The largest absolute Gasteiger partial charge is 0.379 e. The number of aliphatic imine (C=N–C) groups is 1. The summed E-state index contributed by atoms with van der Waals surface area (Å²) < 4.78 is 5.40. The van der Waals surface area contributed by atoms with Gasteiger partial charge >= 0.3 is 0 Å². The van der Waals surface area contributed by atoms with Crippen molar-refractivity contribution < 1.29 is 4.74 Å². The number of nitrogens with one attached hydrogen (secondary N) is 2. The molecular formula is C22H38N6O. The van der Waals surface area contributed by atoms with Crippen LogP contribution in [-0.2, 0) is 11.3 Å². The van der Waals surface area contributed by atoms with Crippen molar-refractivity contribution in [3.05, 3.63) is 35.9 Å². The fourth-order valence-corrected chi connectivity index (χ4v) is 3.81. The smallest absolute Gasteiger partial charge is 0.191 e. The molecule has 7 heteroatoms. The van der Waals surface area contributed by atoms with Crippen LogP contribution < -0.4 is 10.6 Å². The summed E-state index contributed by atoms with van der Waals surface area (Å²) >= 11 is 0. The van der Waals surface area contributed by atoms with Gasteiger partial charge in [0.05, 0.1) is 19.8 Å². The minimum absolute atomic E-state index is 0.827. The predicted molar refractivity (Wildman–Crippen MR) is 119 cm³/mol. The molecule has 0 spiro atoms. The highest BCUT2D eigenvalue weighted by molar-refractivity contribution is 5.79. The van der Waals surface area contributed by atoms with Gasteiger partial charge in [0, 0.05) is 72.0 Å². The lowest BCUT2D eigenvalue weighted by molar-refractivity contribution is 0.0394. The second-order valence-corrected chi connectivity index (χ2v) is 7.74. The number of guanidine groups is 1. The van der Waals surface area contributed by atoms with Crippen LogP contribution in [0.3, 0.4) is 0 Å². The molecule has 162 valence electrons. The van der Waals surface area contributed by atoms with E-state index in [1.165, 1.54) is 5.56 Å². The fraction of sp³-hybridized carbons (Fsp3) is 0.682. The first-order valence-electron chi connectivity index (χ1n) is 11.1. The van der Waals surface area contributed by atoms with Crippen molar-refractivity contribution >= 4 is 5.96 Å². The molecule has 2 N–H and O–H groups in total. The van der Waals surface area contributed by atoms with Crippen LogP contribution in [0.1, 0.15) is 12.5 Å². The summed E-state index contributed by atoms with van der Waals surface area (Å²) in [6, 6.07) is 10.8. The van der Waals surface area contributed by atoms with Gasteiger partial charge in [-0.3, -0.25) is 19.7 Å². The number of ether oxygens (including phenoxy) is 1. The Kier molecular flexibility index (Phi) is 9.72. The fourth-order valence-electron chi connectivity index (χ4n) is 3.81. The van der Waals surface area contributed by atoms with Crippen molar-refractivity contribution in [1.29, 1.82) is 0 Å². The van der Waals surface area contributed by atoms with Gasteiger partial charge in [0.2, 0.25) is 0 Å². The molecule has 0 radical (unpaired) electrons. The van der Waals surface area contributed by atoms with Crippen molar-refractivity contribution in [3.63, 3.8) is 0 Å². The van der Waals surface area contributed by atoms with Crippen LogP contribution in [0.25, 0.3) is 0 Å². The summed E-state index contributed by atoms with van der Waals surface area (Å²) in [4.78, 5) is 12.3. The van der Waals surface area contributed by atoms with Crippen LogP contribution in [0.4, 0.5) is 0 Å². The van der Waals surface area contributed by atoms with E-state index in [2.05, 4.69) is 62.6 Å². The van der Waals surface area contributed by atoms with Gasteiger partial charge in [0.15, 0.2) is 5.96 Å². The Labute approximate surface area is 176 Å². The zero-order valence-electron chi connectivity index (χ0n) is 18.0. The maximum atomic E-state index is 5.40. The van der Waals surface area contributed by atoms with Crippen molar-refractivity contribution in [1.82, 2.24) is 25.3 Å². The quantitative estimate of drug-likeness (QED) is 0.468. The third-order valence-electron chi connectivity index (χ3n) is 5.57. The van der Waals surface area contributed by atoms with E-state index in [-0.39, 0.29) is 0 Å². The van der Waals surface area contributed by atoms with Gasteiger partial charge in [-0.1, -0.05) is 30.3 Å². The van der Waals surface area contributed by atoms with E-state index >= 15 is 0 Å². The van der Waals surface area contributed by atoms with E-state index in [1.54, 1.807) is 0 Å². The molecule has 1 aromatic rings. The molecule has 0 aromatic heterocycles. The highest BCUT2D eigenvalue weighted by Crippen LogP contribution is 2.08. The summed E-state index contributed by atoms with van der Waals surface area (Å²) in [5.74, 6) is 0.934. The zero-order valence-corrected chi connectivity index (χ0v) is 18.0. The Balaban J connectivity index is 1.30. The van der Waals surface area contributed by atoms with Gasteiger partial charge in [0.1, 0.15) is 0 Å². The Hall–Kier alpha value is -1.67. The first kappa shape index (κ1) is 22.0. The molecule has 29 heavy (non-hydrogen) atoms. The van der Waals surface area contributed by atoms with Crippen LogP contribution in [0.2, 0.25) is 0 Å². The van der Waals surface area contributed by atoms with E-state index < -0.39 is 0 Å². The monoisotopic (exact) mass is 402 g/mol. The van der Waals surface area contributed by atoms with Gasteiger partial charge < -0.3 is 15.4 Å². The van der Waals surface area contributed by atoms with E-state index in [1.807, 2.05) is 0 Å². The molecule has 2 saturated heterocycles. The SMILES string of the molecule is CCNC(=NCCN1CCOCC1)NCCN1CCN(Cc2ccccc2)CC1. The molecule has 1 aromatic carbocycles. The molecule has 2 aliphatic rings. The number of morpholine rings is 1. The van der Waals surface area contributed by atoms with E-state index in [9.17, 15) is 0 Å². The highest BCUT2D eigenvalue weighted by Gasteiger charge is 2.16. The maximum absolute atomic E-state index is 5.40. The molecule has 3 rings (SSSR count). The van der Waals surface area contributed by atoms with Crippen LogP contribution in [-0.4, -0.2) is 106 Å². The number of benzene rings is 1. The third-order valence-corrected chi connectivity index (χ3v) is 5.57. The van der Waals surface area contributed by atoms with Crippen LogP contribution >= 0.6 is 0 Å². The normalized spacial score (nSPS) is 20.0. The van der Waals surface area contributed by atoms with Crippen LogP contribution in [0.5, 0.6) is 0 Å². The van der Waals surface area contributed by atoms with Crippen LogP contribution in [0, 0.1) is 0 Å². The van der Waals surface area contributed by atoms with Gasteiger partial charge in [-0.15, -0.1) is 0 Å². The Morgan fingerprint density at radius 3 is 2.31 bits per heavy atom. The molecule has 0 saturated carbocycles. The first-order valence-corrected chi connectivity index (χ1v) is 11.1. The van der Waals surface area contributed by atoms with Crippen molar-refractivity contribution in [3.8, 4) is 0 Å². The summed E-state index contributed by atoms with van der Waals surface area (Å²) in [6.45, 7) is 16.2. The molecule has 2 heterocycles. The number of rotatable bonds is 9. The average Bonchev–Trinajstić information content (AvgIpc) is 2.76.